The molecule has 4 heteroatoms. The van der Waals surface area contributed by atoms with Crippen molar-refractivity contribution in [2.75, 3.05) is 0 Å². The van der Waals surface area contributed by atoms with Crippen molar-refractivity contribution in [3.05, 3.63) is 140 Å². The zero-order valence-electron chi connectivity index (χ0n) is 22.5. The molecule has 0 saturated heterocycles. The van der Waals surface area contributed by atoms with Crippen LogP contribution in [0.25, 0.3) is 81.0 Å². The van der Waals surface area contributed by atoms with E-state index in [1.54, 1.807) is 0 Å². The zero-order valence-corrected chi connectivity index (χ0v) is 23.3. The van der Waals surface area contributed by atoms with E-state index >= 15 is 0 Å². The summed E-state index contributed by atoms with van der Waals surface area (Å²) in [6.07, 6.45) is 3.81. The van der Waals surface area contributed by atoms with Crippen LogP contribution in [0.2, 0.25) is 0 Å². The summed E-state index contributed by atoms with van der Waals surface area (Å²) >= 11 is 1.88. The standard InChI is InChI=1S/C38H23N3S/c1-2-8-24(9-3-1)34-22-28-17-18-33-35(38(28)42-34)31-13-4-5-14-32(31)41(33)30-12-6-10-26(21-30)29-20-27-16-15-25-11-7-19-39-36(25)37(27)40-23-29/h1-23H. The number of benzene rings is 5. The number of pyridine rings is 2. The Labute approximate surface area is 246 Å². The second-order valence-corrected chi connectivity index (χ2v) is 11.7. The Kier molecular flexibility index (Phi) is 5.07. The molecule has 0 saturated carbocycles. The van der Waals surface area contributed by atoms with Crippen molar-refractivity contribution in [2.24, 2.45) is 0 Å². The van der Waals surface area contributed by atoms with Crippen LogP contribution in [0.4, 0.5) is 0 Å². The molecule has 4 heterocycles. The van der Waals surface area contributed by atoms with Crippen molar-refractivity contribution in [3.63, 3.8) is 0 Å². The molecule has 0 aliphatic rings. The number of hydrogen-bond donors (Lipinski definition) is 0. The lowest BCUT2D eigenvalue weighted by molar-refractivity contribution is 1.18. The first-order chi connectivity index (χ1) is 20.8. The van der Waals surface area contributed by atoms with Crippen LogP contribution >= 0.6 is 11.3 Å². The van der Waals surface area contributed by atoms with Crippen LogP contribution in [0.5, 0.6) is 0 Å². The summed E-state index contributed by atoms with van der Waals surface area (Å²) in [6.45, 7) is 0. The van der Waals surface area contributed by atoms with Crippen LogP contribution in [0.3, 0.4) is 0 Å². The topological polar surface area (TPSA) is 30.7 Å². The molecule has 0 aliphatic heterocycles. The normalized spacial score (nSPS) is 11.8. The van der Waals surface area contributed by atoms with Gasteiger partial charge in [-0.2, -0.15) is 0 Å². The van der Waals surface area contributed by atoms with Gasteiger partial charge in [0.2, 0.25) is 0 Å². The van der Waals surface area contributed by atoms with Crippen LogP contribution in [0.15, 0.2) is 140 Å². The second-order valence-electron chi connectivity index (χ2n) is 10.7. The van der Waals surface area contributed by atoms with Gasteiger partial charge in [0.25, 0.3) is 0 Å². The number of aromatic nitrogens is 3. The molecular formula is C38H23N3S. The molecule has 5 aromatic carbocycles. The third kappa shape index (κ3) is 3.52. The van der Waals surface area contributed by atoms with E-state index in [0.717, 1.165) is 38.6 Å². The molecule has 0 bridgehead atoms. The van der Waals surface area contributed by atoms with Gasteiger partial charge in [0, 0.05) is 54.8 Å². The van der Waals surface area contributed by atoms with Gasteiger partial charge in [0.15, 0.2) is 0 Å². The molecule has 4 aromatic heterocycles. The lowest BCUT2D eigenvalue weighted by Crippen LogP contribution is -1.94. The molecule has 0 radical (unpaired) electrons. The molecule has 196 valence electrons. The van der Waals surface area contributed by atoms with E-state index in [0.29, 0.717) is 0 Å². The number of nitrogens with zero attached hydrogens (tertiary/aromatic N) is 3. The third-order valence-corrected chi connectivity index (χ3v) is 9.46. The van der Waals surface area contributed by atoms with E-state index in [2.05, 4.69) is 131 Å². The number of para-hydroxylation sites is 1. The van der Waals surface area contributed by atoms with Crippen molar-refractivity contribution < 1.29 is 0 Å². The van der Waals surface area contributed by atoms with Gasteiger partial charge in [-0.3, -0.25) is 9.97 Å². The van der Waals surface area contributed by atoms with Gasteiger partial charge in [-0.25, -0.2) is 0 Å². The molecular weight excluding hydrogens is 531 g/mol. The fourth-order valence-electron chi connectivity index (χ4n) is 6.29. The second kappa shape index (κ2) is 9.10. The number of hydrogen-bond acceptors (Lipinski definition) is 3. The lowest BCUT2D eigenvalue weighted by atomic mass is 10.0. The lowest BCUT2D eigenvalue weighted by Gasteiger charge is -2.11. The van der Waals surface area contributed by atoms with Gasteiger partial charge >= 0.3 is 0 Å². The Balaban J connectivity index is 1.24. The van der Waals surface area contributed by atoms with E-state index in [1.807, 2.05) is 29.8 Å². The van der Waals surface area contributed by atoms with Crippen LogP contribution in [0.1, 0.15) is 0 Å². The van der Waals surface area contributed by atoms with Crippen molar-refractivity contribution >= 4 is 65.0 Å². The molecule has 42 heavy (non-hydrogen) atoms. The van der Waals surface area contributed by atoms with Crippen molar-refractivity contribution in [1.82, 2.24) is 14.5 Å². The van der Waals surface area contributed by atoms with Crippen LogP contribution in [-0.4, -0.2) is 14.5 Å². The first kappa shape index (κ1) is 23.4. The molecule has 9 aromatic rings. The van der Waals surface area contributed by atoms with E-state index in [4.69, 9.17) is 4.98 Å². The summed E-state index contributed by atoms with van der Waals surface area (Å²) in [6, 6.07) is 45.7. The first-order valence-electron chi connectivity index (χ1n) is 14.1. The predicted molar refractivity (Wildman–Crippen MR) is 178 cm³/mol. The quantitative estimate of drug-likeness (QED) is 0.204. The van der Waals surface area contributed by atoms with Crippen LogP contribution < -0.4 is 0 Å². The van der Waals surface area contributed by atoms with Gasteiger partial charge in [0.1, 0.15) is 0 Å². The summed E-state index contributed by atoms with van der Waals surface area (Å²) in [5.74, 6) is 0. The minimum atomic E-state index is 0.935. The molecule has 0 spiro atoms. The van der Waals surface area contributed by atoms with Gasteiger partial charge in [-0.15, -0.1) is 11.3 Å². The van der Waals surface area contributed by atoms with Gasteiger partial charge < -0.3 is 4.57 Å². The Hall–Kier alpha value is -5.32. The fraction of sp³-hybridized carbons (Fsp3) is 0. The average molecular weight is 554 g/mol. The molecule has 0 N–H and O–H groups in total. The molecule has 3 nitrogen and oxygen atoms in total. The summed E-state index contributed by atoms with van der Waals surface area (Å²) < 4.78 is 3.73. The third-order valence-electron chi connectivity index (χ3n) is 8.24. The summed E-state index contributed by atoms with van der Waals surface area (Å²) in [5, 5.41) is 6.07. The number of thiophene rings is 1. The van der Waals surface area contributed by atoms with Gasteiger partial charge in [-0.05, 0) is 59.0 Å². The molecule has 0 unspecified atom stereocenters. The maximum absolute atomic E-state index is 4.87. The number of fused-ring (bicyclic) bond motifs is 8. The average Bonchev–Trinajstić information content (AvgIpc) is 3.64. The zero-order chi connectivity index (χ0) is 27.6. The highest BCUT2D eigenvalue weighted by Gasteiger charge is 2.17. The van der Waals surface area contributed by atoms with Crippen molar-refractivity contribution in [1.29, 1.82) is 0 Å². The maximum Gasteiger partial charge on any atom is 0.0964 e. The number of rotatable bonds is 3. The Bertz CT molecular complexity index is 2470. The smallest absolute Gasteiger partial charge is 0.0964 e. The molecule has 0 aliphatic carbocycles. The summed E-state index contributed by atoms with van der Waals surface area (Å²) in [5.41, 5.74) is 8.93. The van der Waals surface area contributed by atoms with E-state index in [9.17, 15) is 0 Å². The summed E-state index contributed by atoms with van der Waals surface area (Å²) in [7, 11) is 0. The maximum atomic E-state index is 4.87. The Morgan fingerprint density at radius 3 is 2.29 bits per heavy atom. The van der Waals surface area contributed by atoms with E-state index in [1.165, 1.54) is 42.3 Å². The predicted octanol–water partition coefficient (Wildman–Crippen LogP) is 10.4. The van der Waals surface area contributed by atoms with Crippen LogP contribution in [0, 0.1) is 0 Å². The van der Waals surface area contributed by atoms with Crippen molar-refractivity contribution in [2.45, 2.75) is 0 Å². The highest BCUT2D eigenvalue weighted by molar-refractivity contribution is 7.23. The van der Waals surface area contributed by atoms with E-state index in [-0.39, 0.29) is 0 Å². The Morgan fingerprint density at radius 1 is 0.524 bits per heavy atom. The minimum Gasteiger partial charge on any atom is -0.309 e. The largest absolute Gasteiger partial charge is 0.309 e. The van der Waals surface area contributed by atoms with Gasteiger partial charge in [-0.1, -0.05) is 84.9 Å². The Morgan fingerprint density at radius 2 is 1.33 bits per heavy atom. The molecule has 9 rings (SSSR count). The molecule has 0 amide bonds. The SMILES string of the molecule is c1ccc(-c2cc3ccc4c(c5ccccc5n4-c4cccc(-c5cnc6c(ccc7cccnc76)c5)c4)c3s2)cc1. The minimum absolute atomic E-state index is 0.935. The van der Waals surface area contributed by atoms with Crippen molar-refractivity contribution in [3.8, 4) is 27.3 Å². The van der Waals surface area contributed by atoms with E-state index < -0.39 is 0 Å². The highest BCUT2D eigenvalue weighted by Crippen LogP contribution is 2.43. The monoisotopic (exact) mass is 553 g/mol. The molecule has 0 fully saturated rings. The highest BCUT2D eigenvalue weighted by atomic mass is 32.1. The van der Waals surface area contributed by atoms with Crippen LogP contribution in [-0.2, 0) is 0 Å². The molecule has 0 atom stereocenters. The van der Waals surface area contributed by atoms with Gasteiger partial charge in [0.05, 0.1) is 22.1 Å². The summed E-state index contributed by atoms with van der Waals surface area (Å²) in [4.78, 5) is 10.8. The fourth-order valence-corrected chi connectivity index (χ4v) is 7.51. The first-order valence-corrected chi connectivity index (χ1v) is 14.9.